The summed E-state index contributed by atoms with van der Waals surface area (Å²) in [5, 5.41) is 18.0. The number of carbonyl (C=O) groups is 1. The van der Waals surface area contributed by atoms with Gasteiger partial charge in [-0.1, -0.05) is 6.07 Å². The van der Waals surface area contributed by atoms with Crippen LogP contribution in [0.1, 0.15) is 18.9 Å². The van der Waals surface area contributed by atoms with Gasteiger partial charge in [0.2, 0.25) is 0 Å². The third-order valence-electron chi connectivity index (χ3n) is 3.09. The third-order valence-corrected chi connectivity index (χ3v) is 3.09. The van der Waals surface area contributed by atoms with Crippen LogP contribution in [0.4, 0.5) is 0 Å². The summed E-state index contributed by atoms with van der Waals surface area (Å²) in [4.78, 5) is 11.3. The number of ether oxygens (including phenoxy) is 3. The molecule has 0 heterocycles. The van der Waals surface area contributed by atoms with Crippen molar-refractivity contribution >= 4 is 5.97 Å². The van der Waals surface area contributed by atoms with Gasteiger partial charge in [-0.15, -0.1) is 0 Å². The number of rotatable bonds is 8. The highest BCUT2D eigenvalue weighted by Gasteiger charge is 2.35. The smallest absolute Gasteiger partial charge is 0.340 e. The fourth-order valence-electron chi connectivity index (χ4n) is 1.66. The largest absolute Gasteiger partial charge is 0.493 e. The topological polar surface area (TPSA) is 85.2 Å². The molecule has 1 rings (SSSR count). The van der Waals surface area contributed by atoms with Gasteiger partial charge in [-0.05, 0) is 24.6 Å². The van der Waals surface area contributed by atoms with Gasteiger partial charge in [0.25, 0.3) is 0 Å². The second-order valence-electron chi connectivity index (χ2n) is 4.33. The number of hydrogen-bond donors (Lipinski definition) is 2. The van der Waals surface area contributed by atoms with Crippen LogP contribution < -0.4 is 9.47 Å². The molecule has 0 aliphatic rings. The normalized spacial score (nSPS) is 13.6. The first-order valence-corrected chi connectivity index (χ1v) is 6.20. The maximum absolute atomic E-state index is 11.3. The Morgan fingerprint density at radius 1 is 1.30 bits per heavy atom. The molecule has 0 aliphatic carbocycles. The molecule has 20 heavy (non-hydrogen) atoms. The second kappa shape index (κ2) is 7.12. The first-order valence-electron chi connectivity index (χ1n) is 6.20. The Balaban J connectivity index is 3.05. The molecule has 6 heteroatoms. The van der Waals surface area contributed by atoms with Crippen molar-refractivity contribution in [3.8, 4) is 11.5 Å². The Hall–Kier alpha value is -1.79. The van der Waals surface area contributed by atoms with E-state index in [-0.39, 0.29) is 6.61 Å². The van der Waals surface area contributed by atoms with E-state index in [9.17, 15) is 9.90 Å². The lowest BCUT2D eigenvalue weighted by Crippen LogP contribution is -2.34. The summed E-state index contributed by atoms with van der Waals surface area (Å²) in [6.45, 7) is 1.87. The molecule has 0 amide bonds. The van der Waals surface area contributed by atoms with Gasteiger partial charge in [0.1, 0.15) is 0 Å². The molecule has 0 saturated heterocycles. The first-order chi connectivity index (χ1) is 9.49. The number of carboxylic acids is 1. The first kappa shape index (κ1) is 16.3. The SMILES string of the molecule is COc1cc(C(C)(OC)C(=O)O)ccc1OCCCO. The van der Waals surface area contributed by atoms with Crippen LogP contribution in [0, 0.1) is 0 Å². The van der Waals surface area contributed by atoms with Gasteiger partial charge in [0, 0.05) is 20.1 Å². The van der Waals surface area contributed by atoms with E-state index in [4.69, 9.17) is 19.3 Å². The number of hydrogen-bond acceptors (Lipinski definition) is 5. The summed E-state index contributed by atoms with van der Waals surface area (Å²) in [5.41, 5.74) is -0.990. The molecule has 1 unspecified atom stereocenters. The van der Waals surface area contributed by atoms with Crippen LogP contribution in [0.15, 0.2) is 18.2 Å². The predicted molar refractivity (Wildman–Crippen MR) is 72.2 cm³/mol. The molecule has 0 aromatic heterocycles. The second-order valence-corrected chi connectivity index (χ2v) is 4.33. The van der Waals surface area contributed by atoms with E-state index in [1.54, 1.807) is 18.2 Å². The molecule has 0 spiro atoms. The van der Waals surface area contributed by atoms with Crippen molar-refractivity contribution < 1.29 is 29.2 Å². The van der Waals surface area contributed by atoms with Crippen LogP contribution in [0.3, 0.4) is 0 Å². The number of aliphatic carboxylic acids is 1. The van der Waals surface area contributed by atoms with E-state index >= 15 is 0 Å². The van der Waals surface area contributed by atoms with Crippen molar-refractivity contribution in [2.75, 3.05) is 27.4 Å². The van der Waals surface area contributed by atoms with Crippen molar-refractivity contribution in [3.05, 3.63) is 23.8 Å². The van der Waals surface area contributed by atoms with Gasteiger partial charge in [-0.2, -0.15) is 0 Å². The Morgan fingerprint density at radius 3 is 2.50 bits per heavy atom. The molecule has 0 bridgehead atoms. The van der Waals surface area contributed by atoms with Crippen LogP contribution >= 0.6 is 0 Å². The highest BCUT2D eigenvalue weighted by Crippen LogP contribution is 2.34. The van der Waals surface area contributed by atoms with Crippen LogP contribution in [0.2, 0.25) is 0 Å². The summed E-state index contributed by atoms with van der Waals surface area (Å²) in [6.07, 6.45) is 0.510. The van der Waals surface area contributed by atoms with Crippen molar-refractivity contribution in [2.24, 2.45) is 0 Å². The standard InChI is InChI=1S/C14H20O6/c1-14(19-3,13(16)17)10-5-6-11(12(9-10)18-2)20-8-4-7-15/h5-6,9,15H,4,7-8H2,1-3H3,(H,16,17). The van der Waals surface area contributed by atoms with Crippen molar-refractivity contribution in [1.82, 2.24) is 0 Å². The fourth-order valence-corrected chi connectivity index (χ4v) is 1.66. The minimum atomic E-state index is -1.45. The molecule has 1 aromatic rings. The predicted octanol–water partition coefficient (Wildman–Crippen LogP) is 1.40. The highest BCUT2D eigenvalue weighted by atomic mass is 16.5. The minimum absolute atomic E-state index is 0.0428. The Bertz CT molecular complexity index is 459. The molecule has 1 aromatic carbocycles. The van der Waals surface area contributed by atoms with E-state index in [1.807, 2.05) is 0 Å². The summed E-state index contributed by atoms with van der Waals surface area (Å²) in [7, 11) is 2.81. The lowest BCUT2D eigenvalue weighted by Gasteiger charge is -2.24. The zero-order valence-corrected chi connectivity index (χ0v) is 11.9. The van der Waals surface area contributed by atoms with Gasteiger partial charge in [-0.25, -0.2) is 4.79 Å². The fraction of sp³-hybridized carbons (Fsp3) is 0.500. The monoisotopic (exact) mass is 284 g/mol. The Labute approximate surface area is 117 Å². The zero-order valence-electron chi connectivity index (χ0n) is 11.9. The molecular weight excluding hydrogens is 264 g/mol. The molecule has 0 saturated carbocycles. The molecule has 0 radical (unpaired) electrons. The number of methoxy groups -OCH3 is 2. The molecule has 1 atom stereocenters. The Morgan fingerprint density at radius 2 is 2.00 bits per heavy atom. The number of benzene rings is 1. The zero-order chi connectivity index (χ0) is 15.2. The minimum Gasteiger partial charge on any atom is -0.493 e. The lowest BCUT2D eigenvalue weighted by molar-refractivity contribution is -0.161. The van der Waals surface area contributed by atoms with Crippen molar-refractivity contribution in [3.63, 3.8) is 0 Å². The average Bonchev–Trinajstić information content (AvgIpc) is 2.46. The van der Waals surface area contributed by atoms with E-state index in [0.717, 1.165) is 0 Å². The van der Waals surface area contributed by atoms with Gasteiger partial charge in [-0.3, -0.25) is 0 Å². The molecule has 6 nitrogen and oxygen atoms in total. The van der Waals surface area contributed by atoms with Crippen LogP contribution in [-0.4, -0.2) is 43.6 Å². The van der Waals surface area contributed by atoms with E-state index in [1.165, 1.54) is 21.1 Å². The summed E-state index contributed by atoms with van der Waals surface area (Å²) in [5.74, 6) is -0.172. The Kier molecular flexibility index (Phi) is 5.79. The van der Waals surface area contributed by atoms with Crippen LogP contribution in [0.5, 0.6) is 11.5 Å². The molecule has 0 aliphatic heterocycles. The molecule has 2 N–H and O–H groups in total. The van der Waals surface area contributed by atoms with Gasteiger partial charge in [0.15, 0.2) is 17.1 Å². The highest BCUT2D eigenvalue weighted by molar-refractivity contribution is 5.79. The number of aliphatic hydroxyl groups is 1. The number of aliphatic hydroxyl groups excluding tert-OH is 1. The summed E-state index contributed by atoms with van der Waals surface area (Å²) >= 11 is 0. The maximum atomic E-state index is 11.3. The average molecular weight is 284 g/mol. The molecule has 0 fully saturated rings. The van der Waals surface area contributed by atoms with Crippen LogP contribution in [0.25, 0.3) is 0 Å². The van der Waals surface area contributed by atoms with Crippen molar-refractivity contribution in [2.45, 2.75) is 18.9 Å². The maximum Gasteiger partial charge on any atom is 0.340 e. The van der Waals surface area contributed by atoms with Gasteiger partial charge in [0.05, 0.1) is 13.7 Å². The van der Waals surface area contributed by atoms with E-state index in [0.29, 0.717) is 30.1 Å². The quantitative estimate of drug-likeness (QED) is 0.702. The third kappa shape index (κ3) is 3.40. The molecule has 112 valence electrons. The summed E-state index contributed by atoms with van der Waals surface area (Å²) < 4.78 is 15.8. The van der Waals surface area contributed by atoms with E-state index < -0.39 is 11.6 Å². The van der Waals surface area contributed by atoms with Gasteiger partial charge < -0.3 is 24.4 Å². The lowest BCUT2D eigenvalue weighted by atomic mass is 9.95. The number of carboxylic acid groups (broad SMARTS) is 1. The van der Waals surface area contributed by atoms with Gasteiger partial charge >= 0.3 is 5.97 Å². The molecular formula is C14H20O6. The van der Waals surface area contributed by atoms with Crippen molar-refractivity contribution in [1.29, 1.82) is 0 Å². The summed E-state index contributed by atoms with van der Waals surface area (Å²) in [6, 6.07) is 4.83. The van der Waals surface area contributed by atoms with Crippen LogP contribution in [-0.2, 0) is 15.1 Å². The van der Waals surface area contributed by atoms with E-state index in [2.05, 4.69) is 0 Å².